The molecule has 3 rings (SSSR count). The quantitative estimate of drug-likeness (QED) is 0.644. The summed E-state index contributed by atoms with van der Waals surface area (Å²) in [6.07, 6.45) is 0. The number of amides is 1. The number of aromatic nitrogens is 4. The molecule has 0 saturated carbocycles. The van der Waals surface area contributed by atoms with Gasteiger partial charge >= 0.3 is 0 Å². The largest absolute Gasteiger partial charge is 0.497 e. The van der Waals surface area contributed by atoms with Crippen LogP contribution < -0.4 is 10.1 Å². The molecule has 0 radical (unpaired) electrons. The number of anilines is 1. The van der Waals surface area contributed by atoms with Crippen LogP contribution in [0.2, 0.25) is 0 Å². The van der Waals surface area contributed by atoms with Gasteiger partial charge in [-0.05, 0) is 47.2 Å². The van der Waals surface area contributed by atoms with Crippen LogP contribution in [-0.4, -0.2) is 33.2 Å². The number of hydrogen-bond donors (Lipinski definition) is 1. The van der Waals surface area contributed by atoms with Gasteiger partial charge in [0.25, 0.3) is 0 Å². The molecule has 1 atom stereocenters. The molecule has 0 spiro atoms. The van der Waals surface area contributed by atoms with Crippen LogP contribution in [-0.2, 0) is 11.3 Å². The number of thioether (sulfide) groups is 1. The summed E-state index contributed by atoms with van der Waals surface area (Å²) in [4.78, 5) is 13.0. The number of tetrazole rings is 1. The van der Waals surface area contributed by atoms with Crippen LogP contribution in [0.5, 0.6) is 5.75 Å². The lowest BCUT2D eigenvalue weighted by atomic mass is 10.1. The Bertz CT molecular complexity index is 852. The Hall–Kier alpha value is -2.87. The van der Waals surface area contributed by atoms with E-state index in [4.69, 9.17) is 4.74 Å². The molecule has 0 fully saturated rings. The minimum atomic E-state index is -0.477. The second-order valence-electron chi connectivity index (χ2n) is 5.40. The molecular formula is C18H19N5O2S. The van der Waals surface area contributed by atoms with E-state index in [1.165, 1.54) is 11.8 Å². The van der Waals surface area contributed by atoms with Gasteiger partial charge in [-0.15, -0.1) is 5.10 Å². The molecule has 8 heteroatoms. The van der Waals surface area contributed by atoms with Gasteiger partial charge in [-0.2, -0.15) is 0 Å². The molecule has 3 aromatic rings. The number of nitrogens with one attached hydrogen (secondary N) is 1. The fourth-order valence-electron chi connectivity index (χ4n) is 2.37. The third-order valence-corrected chi connectivity index (χ3v) is 4.95. The maximum Gasteiger partial charge on any atom is 0.242 e. The Morgan fingerprint density at radius 1 is 1.19 bits per heavy atom. The number of carbonyl (C=O) groups excluding carboxylic acids is 1. The molecule has 0 saturated heterocycles. The Morgan fingerprint density at radius 2 is 1.92 bits per heavy atom. The monoisotopic (exact) mass is 369 g/mol. The summed E-state index contributed by atoms with van der Waals surface area (Å²) in [5, 5.41) is 14.7. The van der Waals surface area contributed by atoms with Gasteiger partial charge < -0.3 is 10.1 Å². The predicted octanol–water partition coefficient (Wildman–Crippen LogP) is 3.17. The smallest absolute Gasteiger partial charge is 0.242 e. The van der Waals surface area contributed by atoms with E-state index >= 15 is 0 Å². The van der Waals surface area contributed by atoms with E-state index in [-0.39, 0.29) is 5.91 Å². The first-order valence-corrected chi connectivity index (χ1v) is 9.02. The van der Waals surface area contributed by atoms with Crippen molar-refractivity contribution in [1.82, 2.24) is 20.2 Å². The fraction of sp³-hybridized carbons (Fsp3) is 0.222. The number of carbonyl (C=O) groups is 1. The topological polar surface area (TPSA) is 81.9 Å². The Kier molecular flexibility index (Phi) is 5.85. The SMILES string of the molecule is CCn1nnnc1S[C@H](C(=O)Nc1ccc(OC)cc1)c1ccccc1. The van der Waals surface area contributed by atoms with E-state index in [2.05, 4.69) is 20.8 Å². The van der Waals surface area contributed by atoms with Crippen LogP contribution in [0, 0.1) is 0 Å². The standard InChI is InChI=1S/C18H19N5O2S/c1-3-23-18(20-21-22-23)26-16(13-7-5-4-6-8-13)17(24)19-14-9-11-15(25-2)12-10-14/h4-12,16H,3H2,1-2H3,(H,19,24)/t16-/m0/s1. The molecule has 0 aliphatic carbocycles. The molecule has 1 heterocycles. The number of aryl methyl sites for hydroxylation is 1. The van der Waals surface area contributed by atoms with Crippen molar-refractivity contribution in [1.29, 1.82) is 0 Å². The maximum absolute atomic E-state index is 13.0. The molecule has 2 aromatic carbocycles. The summed E-state index contributed by atoms with van der Waals surface area (Å²) in [6, 6.07) is 16.8. The zero-order chi connectivity index (χ0) is 18.4. The number of rotatable bonds is 7. The fourth-order valence-corrected chi connectivity index (χ4v) is 3.41. The molecule has 7 nitrogen and oxygen atoms in total. The summed E-state index contributed by atoms with van der Waals surface area (Å²) in [5.41, 5.74) is 1.58. The van der Waals surface area contributed by atoms with E-state index in [1.807, 2.05) is 37.3 Å². The van der Waals surface area contributed by atoms with E-state index < -0.39 is 5.25 Å². The van der Waals surface area contributed by atoms with E-state index in [0.717, 1.165) is 11.3 Å². The molecule has 0 aliphatic rings. The van der Waals surface area contributed by atoms with Gasteiger partial charge in [-0.1, -0.05) is 42.1 Å². The Morgan fingerprint density at radius 3 is 2.58 bits per heavy atom. The lowest BCUT2D eigenvalue weighted by Gasteiger charge is -2.16. The molecular weight excluding hydrogens is 350 g/mol. The van der Waals surface area contributed by atoms with Crippen molar-refractivity contribution in [2.45, 2.75) is 23.9 Å². The van der Waals surface area contributed by atoms with E-state index in [1.54, 1.807) is 36.1 Å². The number of nitrogens with zero attached hydrogens (tertiary/aromatic N) is 4. The van der Waals surface area contributed by atoms with Gasteiger partial charge in [-0.3, -0.25) is 4.79 Å². The van der Waals surface area contributed by atoms with Crippen LogP contribution in [0.1, 0.15) is 17.7 Å². The minimum Gasteiger partial charge on any atom is -0.497 e. The summed E-state index contributed by atoms with van der Waals surface area (Å²) in [7, 11) is 1.60. The minimum absolute atomic E-state index is 0.142. The molecule has 1 amide bonds. The van der Waals surface area contributed by atoms with Crippen molar-refractivity contribution in [3.05, 3.63) is 60.2 Å². The van der Waals surface area contributed by atoms with Gasteiger partial charge in [0, 0.05) is 12.2 Å². The zero-order valence-electron chi connectivity index (χ0n) is 14.5. The molecule has 1 N–H and O–H groups in total. The lowest BCUT2D eigenvalue weighted by molar-refractivity contribution is -0.115. The Balaban J connectivity index is 1.83. The number of hydrogen-bond acceptors (Lipinski definition) is 6. The van der Waals surface area contributed by atoms with Crippen LogP contribution in [0.25, 0.3) is 0 Å². The predicted molar refractivity (Wildman–Crippen MR) is 100 cm³/mol. The molecule has 26 heavy (non-hydrogen) atoms. The maximum atomic E-state index is 13.0. The first-order valence-electron chi connectivity index (χ1n) is 8.14. The third-order valence-electron chi connectivity index (χ3n) is 3.72. The first-order chi connectivity index (χ1) is 12.7. The van der Waals surface area contributed by atoms with Gasteiger partial charge in [-0.25, -0.2) is 4.68 Å². The van der Waals surface area contributed by atoms with Crippen LogP contribution in [0.3, 0.4) is 0 Å². The van der Waals surface area contributed by atoms with Crippen molar-refractivity contribution >= 4 is 23.4 Å². The second-order valence-corrected chi connectivity index (χ2v) is 6.48. The zero-order valence-corrected chi connectivity index (χ0v) is 15.3. The molecule has 0 aliphatic heterocycles. The average molecular weight is 369 g/mol. The van der Waals surface area contributed by atoms with Gasteiger partial charge in [0.2, 0.25) is 11.1 Å². The normalized spacial score (nSPS) is 11.8. The van der Waals surface area contributed by atoms with Crippen molar-refractivity contribution in [2.75, 3.05) is 12.4 Å². The molecule has 134 valence electrons. The number of ether oxygens (including phenoxy) is 1. The lowest BCUT2D eigenvalue weighted by Crippen LogP contribution is -2.19. The van der Waals surface area contributed by atoms with Crippen LogP contribution >= 0.6 is 11.8 Å². The summed E-state index contributed by atoms with van der Waals surface area (Å²) in [6.45, 7) is 2.59. The number of benzene rings is 2. The molecule has 0 bridgehead atoms. The molecule has 1 aromatic heterocycles. The van der Waals surface area contributed by atoms with Crippen LogP contribution in [0.4, 0.5) is 5.69 Å². The highest BCUT2D eigenvalue weighted by molar-refractivity contribution is 8.00. The highest BCUT2D eigenvalue weighted by atomic mass is 32.2. The van der Waals surface area contributed by atoms with E-state index in [9.17, 15) is 4.79 Å². The summed E-state index contributed by atoms with van der Waals surface area (Å²) < 4.78 is 6.81. The summed E-state index contributed by atoms with van der Waals surface area (Å²) >= 11 is 1.32. The van der Waals surface area contributed by atoms with Crippen molar-refractivity contribution in [2.24, 2.45) is 0 Å². The van der Waals surface area contributed by atoms with Gasteiger partial charge in [0.05, 0.1) is 7.11 Å². The molecule has 0 unspecified atom stereocenters. The highest BCUT2D eigenvalue weighted by Crippen LogP contribution is 2.35. The average Bonchev–Trinajstić information content (AvgIpc) is 3.14. The third kappa shape index (κ3) is 4.20. The highest BCUT2D eigenvalue weighted by Gasteiger charge is 2.25. The van der Waals surface area contributed by atoms with Crippen molar-refractivity contribution < 1.29 is 9.53 Å². The van der Waals surface area contributed by atoms with Gasteiger partial charge in [0.15, 0.2) is 0 Å². The Labute approximate surface area is 155 Å². The van der Waals surface area contributed by atoms with Crippen molar-refractivity contribution in [3.63, 3.8) is 0 Å². The number of methoxy groups -OCH3 is 1. The van der Waals surface area contributed by atoms with Gasteiger partial charge in [0.1, 0.15) is 11.0 Å². The van der Waals surface area contributed by atoms with Crippen molar-refractivity contribution in [3.8, 4) is 5.75 Å². The first kappa shape index (κ1) is 17.9. The second kappa shape index (κ2) is 8.48. The van der Waals surface area contributed by atoms with E-state index in [0.29, 0.717) is 17.4 Å². The van der Waals surface area contributed by atoms with Crippen LogP contribution in [0.15, 0.2) is 59.8 Å². The summed E-state index contributed by atoms with van der Waals surface area (Å²) in [5.74, 6) is 0.594.